The number of rotatable bonds is 3. The molecule has 0 bridgehead atoms. The van der Waals surface area contributed by atoms with Gasteiger partial charge in [-0.3, -0.25) is 4.90 Å². The Morgan fingerprint density at radius 1 is 1.41 bits per heavy atom. The molecule has 1 saturated heterocycles. The summed E-state index contributed by atoms with van der Waals surface area (Å²) < 4.78 is 5.27. The second-order valence-corrected chi connectivity index (χ2v) is 6.10. The zero-order chi connectivity index (χ0) is 15.7. The molecule has 0 spiro atoms. The van der Waals surface area contributed by atoms with E-state index in [0.29, 0.717) is 23.6 Å². The van der Waals surface area contributed by atoms with Gasteiger partial charge in [-0.05, 0) is 49.9 Å². The molecule has 22 heavy (non-hydrogen) atoms. The normalized spacial score (nSPS) is 19.6. The number of hydrogen-bond acceptors (Lipinski definition) is 5. The molecule has 1 aliphatic heterocycles. The molecule has 1 fully saturated rings. The predicted octanol–water partition coefficient (Wildman–Crippen LogP) is 2.01. The van der Waals surface area contributed by atoms with Gasteiger partial charge in [-0.1, -0.05) is 0 Å². The van der Waals surface area contributed by atoms with E-state index in [0.717, 1.165) is 36.9 Å². The van der Waals surface area contributed by atoms with Crippen LogP contribution < -0.4 is 5.63 Å². The van der Waals surface area contributed by atoms with E-state index < -0.39 is 5.63 Å². The molecule has 5 nitrogen and oxygen atoms in total. The van der Waals surface area contributed by atoms with Crippen molar-refractivity contribution in [3.63, 3.8) is 0 Å². The lowest BCUT2D eigenvalue weighted by atomic mass is 9.98. The molecule has 1 aliphatic rings. The zero-order valence-electron chi connectivity index (χ0n) is 12.7. The Morgan fingerprint density at radius 2 is 2.23 bits per heavy atom. The van der Waals surface area contributed by atoms with Crippen molar-refractivity contribution < 1.29 is 14.6 Å². The zero-order valence-corrected chi connectivity index (χ0v) is 12.7. The van der Waals surface area contributed by atoms with Gasteiger partial charge in [0.25, 0.3) is 0 Å². The van der Waals surface area contributed by atoms with Crippen LogP contribution in [0.4, 0.5) is 0 Å². The van der Waals surface area contributed by atoms with Crippen LogP contribution in [0.15, 0.2) is 27.4 Å². The molecule has 5 heteroatoms. The Bertz CT molecular complexity index is 737. The smallest absolute Gasteiger partial charge is 0.336 e. The number of likely N-dealkylation sites (tertiary alicyclic amines) is 1. The maximum absolute atomic E-state index is 11.8. The highest BCUT2D eigenvalue weighted by molar-refractivity contribution is 5.84. The van der Waals surface area contributed by atoms with Crippen molar-refractivity contribution in [3.05, 3.63) is 39.7 Å². The van der Waals surface area contributed by atoms with E-state index in [1.807, 2.05) is 0 Å². The summed E-state index contributed by atoms with van der Waals surface area (Å²) in [7, 11) is 0. The Labute approximate surface area is 128 Å². The number of hydrogen-bond donors (Lipinski definition) is 2. The summed E-state index contributed by atoms with van der Waals surface area (Å²) in [6.07, 6.45) is 2.11. The molecule has 2 heterocycles. The fraction of sp³-hybridized carbons (Fsp3) is 0.471. The number of aromatic hydroxyl groups is 1. The van der Waals surface area contributed by atoms with Gasteiger partial charge in [0.1, 0.15) is 11.3 Å². The second-order valence-electron chi connectivity index (χ2n) is 6.10. The molecule has 1 aromatic heterocycles. The highest BCUT2D eigenvalue weighted by Crippen LogP contribution is 2.28. The van der Waals surface area contributed by atoms with Crippen molar-refractivity contribution in [3.8, 4) is 5.75 Å². The van der Waals surface area contributed by atoms with Gasteiger partial charge in [0, 0.05) is 36.7 Å². The quantitative estimate of drug-likeness (QED) is 0.849. The molecule has 2 N–H and O–H groups in total. The van der Waals surface area contributed by atoms with Gasteiger partial charge >= 0.3 is 5.63 Å². The van der Waals surface area contributed by atoms with Crippen LogP contribution in [0.1, 0.15) is 24.0 Å². The number of nitrogens with zero attached hydrogens (tertiary/aromatic N) is 1. The third-order valence-corrected chi connectivity index (χ3v) is 4.47. The van der Waals surface area contributed by atoms with Crippen LogP contribution in [0.2, 0.25) is 0 Å². The lowest BCUT2D eigenvalue weighted by Crippen LogP contribution is -2.36. The van der Waals surface area contributed by atoms with Crippen molar-refractivity contribution in [1.82, 2.24) is 4.90 Å². The maximum atomic E-state index is 11.8. The van der Waals surface area contributed by atoms with E-state index in [4.69, 9.17) is 4.42 Å². The van der Waals surface area contributed by atoms with E-state index in [-0.39, 0.29) is 12.4 Å². The number of aliphatic hydroxyl groups excluding tert-OH is 1. The van der Waals surface area contributed by atoms with Crippen LogP contribution in [0, 0.1) is 12.8 Å². The molecular formula is C17H21NO4. The molecule has 0 unspecified atom stereocenters. The molecule has 0 amide bonds. The lowest BCUT2D eigenvalue weighted by molar-refractivity contribution is 0.116. The van der Waals surface area contributed by atoms with E-state index >= 15 is 0 Å². The van der Waals surface area contributed by atoms with Gasteiger partial charge in [0.15, 0.2) is 0 Å². The SMILES string of the molecule is Cc1c(O)ccc2c(CN3CCC[C@@H](CO)C3)cc(=O)oc12. The van der Waals surface area contributed by atoms with Crippen LogP contribution in [0.5, 0.6) is 5.75 Å². The molecule has 0 radical (unpaired) electrons. The first-order chi connectivity index (χ1) is 10.6. The van der Waals surface area contributed by atoms with Gasteiger partial charge in [0.2, 0.25) is 0 Å². The monoisotopic (exact) mass is 303 g/mol. The van der Waals surface area contributed by atoms with E-state index in [9.17, 15) is 15.0 Å². The summed E-state index contributed by atoms with van der Waals surface area (Å²) in [5.74, 6) is 0.442. The summed E-state index contributed by atoms with van der Waals surface area (Å²) in [5.41, 5.74) is 1.56. The van der Waals surface area contributed by atoms with Gasteiger partial charge in [0.05, 0.1) is 0 Å². The summed E-state index contributed by atoms with van der Waals surface area (Å²) >= 11 is 0. The number of phenolic OH excluding ortho intramolecular Hbond substituents is 1. The van der Waals surface area contributed by atoms with Gasteiger partial charge in [-0.25, -0.2) is 4.79 Å². The van der Waals surface area contributed by atoms with E-state index in [1.54, 1.807) is 19.1 Å². The van der Waals surface area contributed by atoms with Crippen molar-refractivity contribution in [2.45, 2.75) is 26.3 Å². The van der Waals surface area contributed by atoms with Crippen LogP contribution in [-0.2, 0) is 6.54 Å². The van der Waals surface area contributed by atoms with Gasteiger partial charge < -0.3 is 14.6 Å². The topological polar surface area (TPSA) is 73.9 Å². The number of fused-ring (bicyclic) bond motifs is 1. The standard InChI is InChI=1S/C17H21NO4/c1-11-15(20)5-4-14-13(7-16(21)22-17(11)14)9-18-6-2-3-12(8-18)10-19/h4-5,7,12,19-20H,2-3,6,8-10H2,1H3/t12-/m1/s1. The number of benzene rings is 1. The molecule has 0 aliphatic carbocycles. The van der Waals surface area contributed by atoms with Crippen LogP contribution >= 0.6 is 0 Å². The third kappa shape index (κ3) is 2.87. The Balaban J connectivity index is 1.97. The summed E-state index contributed by atoms with van der Waals surface area (Å²) in [6.45, 7) is 4.42. The van der Waals surface area contributed by atoms with Crippen molar-refractivity contribution in [2.75, 3.05) is 19.7 Å². The van der Waals surface area contributed by atoms with Crippen molar-refractivity contribution in [1.29, 1.82) is 0 Å². The average molecular weight is 303 g/mol. The van der Waals surface area contributed by atoms with Crippen LogP contribution in [0.3, 0.4) is 0 Å². The number of aliphatic hydroxyl groups is 1. The number of phenols is 1. The first-order valence-electron chi connectivity index (χ1n) is 7.67. The number of aryl methyl sites for hydroxylation is 1. The van der Waals surface area contributed by atoms with Gasteiger partial charge in [-0.2, -0.15) is 0 Å². The lowest BCUT2D eigenvalue weighted by Gasteiger charge is -2.31. The Morgan fingerprint density at radius 3 is 3.00 bits per heavy atom. The molecular weight excluding hydrogens is 282 g/mol. The Hall–Kier alpha value is -1.85. The van der Waals surface area contributed by atoms with Crippen molar-refractivity contribution >= 4 is 11.0 Å². The average Bonchev–Trinajstić information content (AvgIpc) is 2.51. The largest absolute Gasteiger partial charge is 0.508 e. The second kappa shape index (κ2) is 6.10. The minimum Gasteiger partial charge on any atom is -0.508 e. The van der Waals surface area contributed by atoms with E-state index in [2.05, 4.69) is 4.90 Å². The molecule has 0 saturated carbocycles. The maximum Gasteiger partial charge on any atom is 0.336 e. The number of piperidine rings is 1. The third-order valence-electron chi connectivity index (χ3n) is 4.47. The Kier molecular flexibility index (Phi) is 4.18. The minimum absolute atomic E-state index is 0.131. The van der Waals surface area contributed by atoms with E-state index in [1.165, 1.54) is 6.07 Å². The first-order valence-corrected chi connectivity index (χ1v) is 7.67. The van der Waals surface area contributed by atoms with Crippen LogP contribution in [0.25, 0.3) is 11.0 Å². The molecule has 1 atom stereocenters. The predicted molar refractivity (Wildman–Crippen MR) is 84.0 cm³/mol. The molecule has 2 aromatic rings. The molecule has 1 aromatic carbocycles. The first kappa shape index (κ1) is 15.1. The minimum atomic E-state index is -0.396. The fourth-order valence-electron chi connectivity index (χ4n) is 3.23. The fourth-order valence-corrected chi connectivity index (χ4v) is 3.23. The summed E-state index contributed by atoms with van der Waals surface area (Å²) in [6, 6.07) is 4.96. The van der Waals surface area contributed by atoms with Gasteiger partial charge in [-0.15, -0.1) is 0 Å². The summed E-state index contributed by atoms with van der Waals surface area (Å²) in [5, 5.41) is 20.0. The highest BCUT2D eigenvalue weighted by atomic mass is 16.4. The summed E-state index contributed by atoms with van der Waals surface area (Å²) in [4.78, 5) is 14.1. The molecule has 118 valence electrons. The van der Waals surface area contributed by atoms with Crippen molar-refractivity contribution in [2.24, 2.45) is 5.92 Å². The molecule has 3 rings (SSSR count). The highest BCUT2D eigenvalue weighted by Gasteiger charge is 2.20. The van der Waals surface area contributed by atoms with Crippen LogP contribution in [-0.4, -0.2) is 34.8 Å².